The van der Waals surface area contributed by atoms with E-state index in [9.17, 15) is 9.32 Å². The summed E-state index contributed by atoms with van der Waals surface area (Å²) in [6.07, 6.45) is 2.47. The van der Waals surface area contributed by atoms with Crippen LogP contribution in [0.2, 0.25) is 0 Å². The summed E-state index contributed by atoms with van der Waals surface area (Å²) in [7, 11) is -2.88. The van der Waals surface area contributed by atoms with E-state index in [0.717, 1.165) is 5.56 Å². The van der Waals surface area contributed by atoms with Gasteiger partial charge in [-0.15, -0.1) is 11.8 Å². The van der Waals surface area contributed by atoms with Crippen LogP contribution in [0.4, 0.5) is 0 Å². The molecule has 1 aliphatic rings. The van der Waals surface area contributed by atoms with Crippen molar-refractivity contribution in [2.45, 2.75) is 10.5 Å². The second-order valence-electron chi connectivity index (χ2n) is 3.54. The molecule has 86 valence electrons. The van der Waals surface area contributed by atoms with Gasteiger partial charge in [0.05, 0.1) is 0 Å². The van der Waals surface area contributed by atoms with Crippen LogP contribution >= 0.6 is 11.8 Å². The molecular weight excluding hydrogens is 262 g/mol. The first kappa shape index (κ1) is 11.9. The molecule has 0 saturated carbocycles. The standard InChI is InChI=1S/C10H11NO2S3/c11-16(13,14)10(6-1-7-15-10)8-2-4-9(12)5-3-8/h1-5,7,12H,6H2,(H2,11,13,14). The lowest BCUT2D eigenvalue weighted by molar-refractivity contribution is 0.475. The van der Waals surface area contributed by atoms with Crippen LogP contribution in [0, 0.1) is 0 Å². The highest BCUT2D eigenvalue weighted by molar-refractivity contribution is 8.37. The van der Waals surface area contributed by atoms with E-state index in [2.05, 4.69) is 0 Å². The van der Waals surface area contributed by atoms with Crippen molar-refractivity contribution in [3.05, 3.63) is 41.3 Å². The van der Waals surface area contributed by atoms with E-state index in [-0.39, 0.29) is 5.75 Å². The quantitative estimate of drug-likeness (QED) is 0.862. The van der Waals surface area contributed by atoms with Crippen molar-refractivity contribution in [3.8, 4) is 5.75 Å². The van der Waals surface area contributed by atoms with Crippen LogP contribution in [0.25, 0.3) is 0 Å². The average Bonchev–Trinajstić information content (AvgIpc) is 2.68. The molecule has 0 aliphatic carbocycles. The molecule has 1 aromatic rings. The Morgan fingerprint density at radius 3 is 2.50 bits per heavy atom. The predicted octanol–water partition coefficient (Wildman–Crippen LogP) is 1.82. The normalized spacial score (nSPS) is 27.8. The second-order valence-corrected chi connectivity index (χ2v) is 8.27. The maximum atomic E-state index is 12.1. The highest BCUT2D eigenvalue weighted by Gasteiger charge is 2.42. The minimum absolute atomic E-state index is 0.169. The summed E-state index contributed by atoms with van der Waals surface area (Å²) < 4.78 is 11.3. The van der Waals surface area contributed by atoms with Gasteiger partial charge in [0.25, 0.3) is 0 Å². The number of allylic oxidation sites excluding steroid dienone is 1. The number of nitrogens with two attached hydrogens (primary N) is 1. The van der Waals surface area contributed by atoms with Crippen LogP contribution < -0.4 is 5.14 Å². The number of thioether (sulfide) groups is 1. The van der Waals surface area contributed by atoms with Gasteiger partial charge in [0.2, 0.25) is 0 Å². The second kappa shape index (κ2) is 4.03. The number of rotatable bonds is 2. The van der Waals surface area contributed by atoms with E-state index in [0.29, 0.717) is 6.42 Å². The maximum absolute atomic E-state index is 12.1. The number of benzene rings is 1. The Morgan fingerprint density at radius 2 is 2.06 bits per heavy atom. The minimum atomic E-state index is -2.88. The third kappa shape index (κ3) is 1.86. The summed E-state index contributed by atoms with van der Waals surface area (Å²) in [6, 6.07) is 6.54. The van der Waals surface area contributed by atoms with E-state index < -0.39 is 12.8 Å². The van der Waals surface area contributed by atoms with Gasteiger partial charge in [-0.05, 0) is 40.7 Å². The maximum Gasteiger partial charge on any atom is 0.138 e. The summed E-state index contributed by atoms with van der Waals surface area (Å²) >= 11 is 6.34. The van der Waals surface area contributed by atoms with Gasteiger partial charge in [-0.1, -0.05) is 18.2 Å². The molecule has 0 saturated heterocycles. The fourth-order valence-corrected chi connectivity index (χ4v) is 4.88. The SMILES string of the molecule is NS(=O)(=S)C1(c2ccc(O)cc2)CC=CS1. The number of phenolic OH excluding ortho intramolecular Hbond substituents is 1. The smallest absolute Gasteiger partial charge is 0.138 e. The van der Waals surface area contributed by atoms with E-state index in [1.54, 1.807) is 24.3 Å². The van der Waals surface area contributed by atoms with Crippen LogP contribution in [-0.2, 0) is 23.9 Å². The van der Waals surface area contributed by atoms with Gasteiger partial charge in [0.1, 0.15) is 18.5 Å². The molecule has 16 heavy (non-hydrogen) atoms. The summed E-state index contributed by atoms with van der Waals surface area (Å²) in [5.41, 5.74) is 0.794. The van der Waals surface area contributed by atoms with Crippen molar-refractivity contribution in [1.29, 1.82) is 0 Å². The third-order valence-electron chi connectivity index (χ3n) is 2.51. The zero-order valence-electron chi connectivity index (χ0n) is 8.33. The Bertz CT molecular complexity index is 512. The van der Waals surface area contributed by atoms with E-state index in [1.165, 1.54) is 11.8 Å². The van der Waals surface area contributed by atoms with Gasteiger partial charge in [0, 0.05) is 0 Å². The summed E-state index contributed by atoms with van der Waals surface area (Å²) in [5, 5.41) is 16.8. The van der Waals surface area contributed by atoms with Gasteiger partial charge in [-0.2, -0.15) is 0 Å². The molecule has 1 aliphatic heterocycles. The first-order valence-corrected chi connectivity index (χ1v) is 8.03. The summed E-state index contributed by atoms with van der Waals surface area (Å²) in [4.78, 5) is 0. The fraction of sp³-hybridized carbons (Fsp3) is 0.200. The highest BCUT2D eigenvalue weighted by atomic mass is 32.8. The Balaban J connectivity index is 2.53. The Labute approximate surface area is 104 Å². The molecule has 6 heteroatoms. The van der Waals surface area contributed by atoms with E-state index in [4.69, 9.17) is 16.3 Å². The molecule has 2 atom stereocenters. The van der Waals surface area contributed by atoms with Gasteiger partial charge in [-0.25, -0.2) is 9.35 Å². The van der Waals surface area contributed by atoms with Crippen molar-refractivity contribution in [2.75, 3.05) is 0 Å². The molecule has 0 fully saturated rings. The molecule has 0 radical (unpaired) electrons. The lowest BCUT2D eigenvalue weighted by atomic mass is 10.1. The predicted molar refractivity (Wildman–Crippen MR) is 70.8 cm³/mol. The van der Waals surface area contributed by atoms with Crippen molar-refractivity contribution in [1.82, 2.24) is 0 Å². The largest absolute Gasteiger partial charge is 0.508 e. The van der Waals surface area contributed by atoms with Crippen LogP contribution in [-0.4, -0.2) is 9.32 Å². The lowest BCUT2D eigenvalue weighted by Gasteiger charge is -2.28. The number of hydrogen-bond acceptors (Lipinski definition) is 4. The average molecular weight is 273 g/mol. The highest BCUT2D eigenvalue weighted by Crippen LogP contribution is 2.48. The first-order valence-electron chi connectivity index (χ1n) is 4.60. The van der Waals surface area contributed by atoms with Crippen molar-refractivity contribution in [2.24, 2.45) is 5.14 Å². The summed E-state index contributed by atoms with van der Waals surface area (Å²) in [6.45, 7) is 0. The molecule has 3 N–H and O–H groups in total. The fourth-order valence-electron chi connectivity index (χ4n) is 1.66. The molecule has 1 heterocycles. The van der Waals surface area contributed by atoms with E-state index in [1.807, 2.05) is 11.5 Å². The van der Waals surface area contributed by atoms with Crippen molar-refractivity contribution in [3.63, 3.8) is 0 Å². The van der Waals surface area contributed by atoms with Gasteiger partial charge in [0.15, 0.2) is 0 Å². The van der Waals surface area contributed by atoms with Crippen LogP contribution in [0.15, 0.2) is 35.7 Å². The molecule has 1 aromatic carbocycles. The van der Waals surface area contributed by atoms with Crippen LogP contribution in [0.5, 0.6) is 5.75 Å². The molecule has 0 spiro atoms. The third-order valence-corrected chi connectivity index (χ3v) is 7.14. The number of aromatic hydroxyl groups is 1. The van der Waals surface area contributed by atoms with Gasteiger partial charge < -0.3 is 5.11 Å². The number of phenols is 1. The molecule has 0 amide bonds. The Morgan fingerprint density at radius 1 is 1.44 bits per heavy atom. The molecule has 0 bridgehead atoms. The molecule has 0 aromatic heterocycles. The van der Waals surface area contributed by atoms with Gasteiger partial charge in [-0.3, -0.25) is 0 Å². The van der Waals surface area contributed by atoms with Crippen LogP contribution in [0.1, 0.15) is 12.0 Å². The van der Waals surface area contributed by atoms with Crippen molar-refractivity contribution >= 4 is 31.6 Å². The van der Waals surface area contributed by atoms with Crippen LogP contribution in [0.3, 0.4) is 0 Å². The molecule has 2 unspecified atom stereocenters. The van der Waals surface area contributed by atoms with Crippen molar-refractivity contribution < 1.29 is 9.32 Å². The van der Waals surface area contributed by atoms with E-state index >= 15 is 0 Å². The zero-order chi connectivity index (χ0) is 11.8. The first-order chi connectivity index (χ1) is 7.46. The molecule has 2 rings (SSSR count). The molecule has 3 nitrogen and oxygen atoms in total. The monoisotopic (exact) mass is 273 g/mol. The Kier molecular flexibility index (Phi) is 3.00. The lowest BCUT2D eigenvalue weighted by Crippen LogP contribution is -2.35. The summed E-state index contributed by atoms with van der Waals surface area (Å²) in [5.74, 6) is 0.169. The minimum Gasteiger partial charge on any atom is -0.508 e. The molecular formula is C10H11NO2S3. The topological polar surface area (TPSA) is 63.3 Å². The van der Waals surface area contributed by atoms with Gasteiger partial charge >= 0.3 is 0 Å². The Hall–Kier alpha value is -0.560. The number of hydrogen-bond donors (Lipinski definition) is 2. The zero-order valence-corrected chi connectivity index (χ0v) is 10.8.